The van der Waals surface area contributed by atoms with Crippen LogP contribution in [-0.2, 0) is 12.1 Å². The lowest BCUT2D eigenvalue weighted by Gasteiger charge is -2.41. The second-order valence-electron chi connectivity index (χ2n) is 7.80. The number of hydrogen-bond donors (Lipinski definition) is 0. The topological polar surface area (TPSA) is 51.5 Å². The van der Waals surface area contributed by atoms with Crippen molar-refractivity contribution in [3.63, 3.8) is 0 Å². The molecule has 2 unspecified atom stereocenters. The molecule has 5 nitrogen and oxygen atoms in total. The van der Waals surface area contributed by atoms with Gasteiger partial charge in [0.1, 0.15) is 12.8 Å². The molecule has 0 saturated carbocycles. The van der Waals surface area contributed by atoms with Crippen molar-refractivity contribution < 1.29 is 13.9 Å². The van der Waals surface area contributed by atoms with E-state index in [1.165, 1.54) is 6.07 Å². The van der Waals surface area contributed by atoms with Gasteiger partial charge in [0.2, 0.25) is 5.43 Å². The number of amides is 1. The molecule has 140 valence electrons. The summed E-state index contributed by atoms with van der Waals surface area (Å²) in [7, 11) is 0. The molecule has 3 aliphatic rings. The van der Waals surface area contributed by atoms with Crippen LogP contribution in [0.2, 0.25) is 0 Å². The highest BCUT2D eigenvalue weighted by molar-refractivity contribution is 5.96. The first-order chi connectivity index (χ1) is 13.1. The van der Waals surface area contributed by atoms with Crippen LogP contribution in [0.25, 0.3) is 0 Å². The Morgan fingerprint density at radius 2 is 2.00 bits per heavy atom. The van der Waals surface area contributed by atoms with Gasteiger partial charge in [0.05, 0.1) is 11.2 Å². The molecule has 3 aliphatic heterocycles. The summed E-state index contributed by atoms with van der Waals surface area (Å²) in [5, 5.41) is 0. The maximum atomic E-state index is 14.8. The molecule has 5 rings (SSSR count). The van der Waals surface area contributed by atoms with E-state index in [1.54, 1.807) is 4.90 Å². The van der Waals surface area contributed by atoms with Gasteiger partial charge in [-0.15, -0.1) is 0 Å². The number of carbonyl (C=O) groups is 1. The Morgan fingerprint density at radius 1 is 1.19 bits per heavy atom. The minimum atomic E-state index is -1.22. The van der Waals surface area contributed by atoms with Crippen LogP contribution >= 0.6 is 0 Å². The Morgan fingerprint density at radius 3 is 2.81 bits per heavy atom. The lowest BCUT2D eigenvalue weighted by Crippen LogP contribution is -2.52. The zero-order valence-electron chi connectivity index (χ0n) is 15.0. The van der Waals surface area contributed by atoms with Crippen molar-refractivity contribution in [3.05, 3.63) is 63.6 Å². The third-order valence-electron chi connectivity index (χ3n) is 6.08. The number of aromatic nitrogens is 1. The average molecular weight is 368 g/mol. The fourth-order valence-corrected chi connectivity index (χ4v) is 4.89. The fraction of sp³-hybridized carbons (Fsp3) is 0.429. The SMILES string of the molecule is O=C1c2c(OCc3ccccc3)c(=O)cc3n2C2(CCCCN1C2)CC3F. The summed E-state index contributed by atoms with van der Waals surface area (Å²) in [5.74, 6) is -0.165. The quantitative estimate of drug-likeness (QED) is 0.836. The molecule has 6 heteroatoms. The molecule has 2 bridgehead atoms. The summed E-state index contributed by atoms with van der Waals surface area (Å²) in [6.07, 6.45) is 1.77. The highest BCUT2D eigenvalue weighted by Crippen LogP contribution is 2.49. The van der Waals surface area contributed by atoms with Gasteiger partial charge in [-0.2, -0.15) is 0 Å². The van der Waals surface area contributed by atoms with Gasteiger partial charge in [0.15, 0.2) is 11.4 Å². The summed E-state index contributed by atoms with van der Waals surface area (Å²) >= 11 is 0. The van der Waals surface area contributed by atoms with Crippen LogP contribution in [0.5, 0.6) is 5.75 Å². The van der Waals surface area contributed by atoms with E-state index < -0.39 is 17.1 Å². The average Bonchev–Trinajstić information content (AvgIpc) is 2.82. The maximum Gasteiger partial charge on any atom is 0.274 e. The molecule has 2 aromatic rings. The van der Waals surface area contributed by atoms with Gasteiger partial charge in [-0.05, 0) is 24.8 Å². The van der Waals surface area contributed by atoms with Gasteiger partial charge in [0, 0.05) is 25.6 Å². The Balaban J connectivity index is 1.66. The zero-order chi connectivity index (χ0) is 18.6. The van der Waals surface area contributed by atoms with Crippen molar-refractivity contribution in [1.82, 2.24) is 9.47 Å². The number of ether oxygens (including phenoxy) is 1. The predicted molar refractivity (Wildman–Crippen MR) is 97.7 cm³/mol. The van der Waals surface area contributed by atoms with Crippen LogP contribution in [0.4, 0.5) is 4.39 Å². The number of halogens is 1. The molecular weight excluding hydrogens is 347 g/mol. The largest absolute Gasteiger partial charge is 0.483 e. The van der Waals surface area contributed by atoms with Gasteiger partial charge in [-0.25, -0.2) is 4.39 Å². The normalized spacial score (nSPS) is 25.9. The molecule has 1 spiro atoms. The number of benzene rings is 1. The minimum Gasteiger partial charge on any atom is -0.483 e. The van der Waals surface area contributed by atoms with Gasteiger partial charge < -0.3 is 14.2 Å². The molecule has 27 heavy (non-hydrogen) atoms. The Hall–Kier alpha value is -2.63. The summed E-state index contributed by atoms with van der Waals surface area (Å²) in [6.45, 7) is 1.36. The highest BCUT2D eigenvalue weighted by atomic mass is 19.1. The lowest BCUT2D eigenvalue weighted by molar-refractivity contribution is 0.0569. The first-order valence-corrected chi connectivity index (χ1v) is 9.50. The van der Waals surface area contributed by atoms with E-state index in [0.29, 0.717) is 25.2 Å². The van der Waals surface area contributed by atoms with Gasteiger partial charge in [-0.1, -0.05) is 30.3 Å². The van der Waals surface area contributed by atoms with E-state index in [0.717, 1.165) is 24.8 Å². The number of alkyl halides is 1. The van der Waals surface area contributed by atoms with E-state index in [2.05, 4.69) is 0 Å². The maximum absolute atomic E-state index is 14.8. The van der Waals surface area contributed by atoms with Crippen LogP contribution in [0, 0.1) is 0 Å². The summed E-state index contributed by atoms with van der Waals surface area (Å²) < 4.78 is 22.5. The van der Waals surface area contributed by atoms with Crippen LogP contribution in [0.15, 0.2) is 41.2 Å². The Labute approximate surface area is 156 Å². The molecular formula is C21H21FN2O3. The number of nitrogens with zero attached hydrogens (tertiary/aromatic N) is 2. The van der Waals surface area contributed by atoms with Crippen molar-refractivity contribution in [1.29, 1.82) is 0 Å². The molecule has 1 aromatic carbocycles. The molecule has 4 heterocycles. The first kappa shape index (κ1) is 16.5. The van der Waals surface area contributed by atoms with Crippen molar-refractivity contribution in [2.45, 2.75) is 44.0 Å². The summed E-state index contributed by atoms with van der Waals surface area (Å²) in [5.41, 5.74) is 0.611. The Bertz CT molecular complexity index is 971. The van der Waals surface area contributed by atoms with Gasteiger partial charge in [0.25, 0.3) is 5.91 Å². The van der Waals surface area contributed by atoms with Gasteiger partial charge >= 0.3 is 0 Å². The van der Waals surface area contributed by atoms with Crippen LogP contribution < -0.4 is 10.2 Å². The van der Waals surface area contributed by atoms with E-state index in [4.69, 9.17) is 4.74 Å². The number of carbonyl (C=O) groups excluding carboxylic acids is 1. The minimum absolute atomic E-state index is 0.0534. The highest BCUT2D eigenvalue weighted by Gasteiger charge is 2.52. The van der Waals surface area contributed by atoms with E-state index in [1.807, 2.05) is 34.9 Å². The Kier molecular flexibility index (Phi) is 3.64. The molecule has 0 aliphatic carbocycles. The van der Waals surface area contributed by atoms with E-state index in [9.17, 15) is 14.0 Å². The molecule has 1 aromatic heterocycles. The van der Waals surface area contributed by atoms with E-state index in [-0.39, 0.29) is 24.0 Å². The number of pyridine rings is 1. The summed E-state index contributed by atoms with van der Waals surface area (Å²) in [6, 6.07) is 10.8. The van der Waals surface area contributed by atoms with Crippen LogP contribution in [0.1, 0.15) is 53.6 Å². The van der Waals surface area contributed by atoms with Crippen molar-refractivity contribution >= 4 is 5.91 Å². The molecule has 2 atom stereocenters. The van der Waals surface area contributed by atoms with E-state index >= 15 is 0 Å². The number of fused-ring (bicyclic) bond motifs is 1. The fourth-order valence-electron chi connectivity index (χ4n) is 4.89. The standard InChI is InChI=1S/C21H21FN2O3/c22-15-11-21-8-4-5-9-23(13-21)20(26)18-19(17(25)10-16(15)24(18)21)27-12-14-6-2-1-3-7-14/h1-3,6-7,10,15H,4-5,8-9,11-13H2. The first-order valence-electron chi connectivity index (χ1n) is 9.50. The molecule has 1 fully saturated rings. The van der Waals surface area contributed by atoms with Crippen LogP contribution in [-0.4, -0.2) is 28.5 Å². The predicted octanol–water partition coefficient (Wildman–Crippen LogP) is 3.18. The van der Waals surface area contributed by atoms with Crippen molar-refractivity contribution in [2.75, 3.05) is 13.1 Å². The molecule has 1 amide bonds. The smallest absolute Gasteiger partial charge is 0.274 e. The molecule has 0 N–H and O–H groups in total. The number of rotatable bonds is 3. The zero-order valence-corrected chi connectivity index (χ0v) is 15.0. The van der Waals surface area contributed by atoms with Crippen molar-refractivity contribution in [3.8, 4) is 5.75 Å². The third kappa shape index (κ3) is 2.42. The second-order valence-corrected chi connectivity index (χ2v) is 7.80. The molecule has 1 saturated heterocycles. The summed E-state index contributed by atoms with van der Waals surface area (Å²) in [4.78, 5) is 27.7. The third-order valence-corrected chi connectivity index (χ3v) is 6.08. The molecule has 0 radical (unpaired) electrons. The lowest BCUT2D eigenvalue weighted by atomic mass is 9.88. The monoisotopic (exact) mass is 368 g/mol. The second kappa shape index (κ2) is 5.94. The van der Waals surface area contributed by atoms with Crippen molar-refractivity contribution in [2.24, 2.45) is 0 Å². The van der Waals surface area contributed by atoms with Gasteiger partial charge in [-0.3, -0.25) is 9.59 Å². The van der Waals surface area contributed by atoms with Crippen LogP contribution in [0.3, 0.4) is 0 Å². The number of hydrogen-bond acceptors (Lipinski definition) is 3.